The molecule has 0 saturated carbocycles. The van der Waals surface area contributed by atoms with Gasteiger partial charge in [-0.2, -0.15) is 0 Å². The lowest BCUT2D eigenvalue weighted by molar-refractivity contribution is -0.131. The molecular weight excluding hydrogens is 313 g/mol. The average molecular weight is 330 g/mol. The zero-order valence-electron chi connectivity index (χ0n) is 12.7. The molecule has 0 aliphatic carbocycles. The van der Waals surface area contributed by atoms with Gasteiger partial charge in [0.2, 0.25) is 11.8 Å². The molecule has 1 aromatic rings. The van der Waals surface area contributed by atoms with Crippen molar-refractivity contribution in [1.82, 2.24) is 10.2 Å². The fourth-order valence-corrected chi connectivity index (χ4v) is 1.85. The van der Waals surface area contributed by atoms with Crippen LogP contribution in [0.2, 0.25) is 0 Å². The summed E-state index contributed by atoms with van der Waals surface area (Å²) in [6, 6.07) is 0.659. The van der Waals surface area contributed by atoms with E-state index in [4.69, 9.17) is 4.74 Å². The second-order valence-corrected chi connectivity index (χ2v) is 4.77. The topological polar surface area (TPSA) is 58.6 Å². The van der Waals surface area contributed by atoms with Gasteiger partial charge in [0.15, 0.2) is 17.5 Å². The SMILES string of the molecule is C=CC(=O)N(C)CC(=O)NC(COC)c1cc(F)c(F)c(F)c1. The fraction of sp³-hybridized carbons (Fsp3) is 0.333. The lowest BCUT2D eigenvalue weighted by atomic mass is 10.1. The van der Waals surface area contributed by atoms with E-state index in [-0.39, 0.29) is 18.7 Å². The van der Waals surface area contributed by atoms with Crippen molar-refractivity contribution < 1.29 is 27.5 Å². The van der Waals surface area contributed by atoms with Crippen molar-refractivity contribution in [2.24, 2.45) is 0 Å². The number of amides is 2. The predicted molar refractivity (Wildman–Crippen MR) is 76.9 cm³/mol. The Bertz CT molecular complexity index is 585. The summed E-state index contributed by atoms with van der Waals surface area (Å²) in [7, 11) is 2.73. The molecule has 23 heavy (non-hydrogen) atoms. The molecule has 1 rings (SSSR count). The van der Waals surface area contributed by atoms with Crippen molar-refractivity contribution in [1.29, 1.82) is 0 Å². The molecule has 0 fully saturated rings. The summed E-state index contributed by atoms with van der Waals surface area (Å²) >= 11 is 0. The minimum absolute atomic E-state index is 0.00861. The maximum absolute atomic E-state index is 13.3. The molecule has 0 radical (unpaired) electrons. The molecule has 0 saturated heterocycles. The summed E-state index contributed by atoms with van der Waals surface area (Å²) in [4.78, 5) is 24.3. The fourth-order valence-electron chi connectivity index (χ4n) is 1.85. The first kappa shape index (κ1) is 18.7. The van der Waals surface area contributed by atoms with E-state index in [1.54, 1.807) is 0 Å². The molecule has 0 heterocycles. The second-order valence-electron chi connectivity index (χ2n) is 4.77. The van der Waals surface area contributed by atoms with Crippen LogP contribution in [0, 0.1) is 17.5 Å². The number of nitrogens with one attached hydrogen (secondary N) is 1. The van der Waals surface area contributed by atoms with E-state index in [0.29, 0.717) is 0 Å². The van der Waals surface area contributed by atoms with Gasteiger partial charge in [0.05, 0.1) is 19.2 Å². The standard InChI is InChI=1S/C15H17F3N2O3/c1-4-14(22)20(2)7-13(21)19-12(8-23-3)9-5-10(16)15(18)11(17)6-9/h4-6,12H,1,7-8H2,2-3H3,(H,19,21). The minimum atomic E-state index is -1.59. The molecule has 1 unspecified atom stereocenters. The van der Waals surface area contributed by atoms with Gasteiger partial charge in [-0.25, -0.2) is 13.2 Å². The normalized spacial score (nSPS) is 11.7. The van der Waals surface area contributed by atoms with Crippen LogP contribution in [0.4, 0.5) is 13.2 Å². The zero-order valence-corrected chi connectivity index (χ0v) is 12.7. The molecule has 0 spiro atoms. The van der Waals surface area contributed by atoms with Crippen molar-refractivity contribution in [2.75, 3.05) is 27.3 Å². The summed E-state index contributed by atoms with van der Waals surface area (Å²) < 4.78 is 44.5. The number of benzene rings is 1. The van der Waals surface area contributed by atoms with Gasteiger partial charge in [-0.15, -0.1) is 0 Å². The zero-order chi connectivity index (χ0) is 17.6. The third kappa shape index (κ3) is 5.10. The Morgan fingerprint density at radius 3 is 2.39 bits per heavy atom. The van der Waals surface area contributed by atoms with Crippen LogP contribution in [0.25, 0.3) is 0 Å². The number of methoxy groups -OCH3 is 1. The molecule has 0 aliphatic rings. The highest BCUT2D eigenvalue weighted by atomic mass is 19.2. The minimum Gasteiger partial charge on any atom is -0.382 e. The summed E-state index contributed by atoms with van der Waals surface area (Å²) in [5.41, 5.74) is 0.00861. The number of halogens is 3. The van der Waals surface area contributed by atoms with Crippen LogP contribution in [0.5, 0.6) is 0 Å². The first-order valence-electron chi connectivity index (χ1n) is 6.60. The third-order valence-corrected chi connectivity index (χ3v) is 3.01. The molecule has 126 valence electrons. The molecule has 1 atom stereocenters. The maximum atomic E-state index is 13.3. The first-order valence-corrected chi connectivity index (χ1v) is 6.60. The van der Waals surface area contributed by atoms with E-state index in [0.717, 1.165) is 23.1 Å². The van der Waals surface area contributed by atoms with Crippen LogP contribution in [0.1, 0.15) is 11.6 Å². The molecule has 8 heteroatoms. The number of hydrogen-bond acceptors (Lipinski definition) is 3. The van der Waals surface area contributed by atoms with E-state index < -0.39 is 35.3 Å². The highest BCUT2D eigenvalue weighted by molar-refractivity contribution is 5.90. The van der Waals surface area contributed by atoms with E-state index in [1.165, 1.54) is 14.2 Å². The number of nitrogens with zero attached hydrogens (tertiary/aromatic N) is 1. The van der Waals surface area contributed by atoms with Crippen LogP contribution < -0.4 is 5.32 Å². The third-order valence-electron chi connectivity index (χ3n) is 3.01. The molecule has 5 nitrogen and oxygen atoms in total. The Kier molecular flexibility index (Phi) is 6.77. The molecule has 1 aromatic carbocycles. The molecule has 0 bridgehead atoms. The lowest BCUT2D eigenvalue weighted by Crippen LogP contribution is -2.40. The Morgan fingerprint density at radius 1 is 1.35 bits per heavy atom. The predicted octanol–water partition coefficient (Wildman–Crippen LogP) is 1.55. The van der Waals surface area contributed by atoms with E-state index in [1.807, 2.05) is 0 Å². The summed E-state index contributed by atoms with van der Waals surface area (Å²) in [6.45, 7) is 2.92. The van der Waals surface area contributed by atoms with E-state index in [2.05, 4.69) is 11.9 Å². The van der Waals surface area contributed by atoms with Gasteiger partial charge in [0, 0.05) is 14.2 Å². The molecule has 0 aliphatic heterocycles. The van der Waals surface area contributed by atoms with Gasteiger partial charge < -0.3 is 15.0 Å². The number of likely N-dealkylation sites (N-methyl/N-ethyl adjacent to an activating group) is 1. The van der Waals surface area contributed by atoms with Gasteiger partial charge in [-0.1, -0.05) is 6.58 Å². The van der Waals surface area contributed by atoms with Crippen LogP contribution in [0.15, 0.2) is 24.8 Å². The van der Waals surface area contributed by atoms with Crippen molar-refractivity contribution in [3.63, 3.8) is 0 Å². The Morgan fingerprint density at radius 2 is 1.91 bits per heavy atom. The highest BCUT2D eigenvalue weighted by Crippen LogP contribution is 2.19. The van der Waals surface area contributed by atoms with E-state index in [9.17, 15) is 22.8 Å². The molecule has 2 amide bonds. The Labute approximate surface area is 131 Å². The van der Waals surface area contributed by atoms with Crippen LogP contribution >= 0.6 is 0 Å². The summed E-state index contributed by atoms with van der Waals surface area (Å²) in [5.74, 6) is -5.35. The Hall–Kier alpha value is -2.35. The summed E-state index contributed by atoms with van der Waals surface area (Å²) in [5, 5.41) is 2.47. The van der Waals surface area contributed by atoms with Gasteiger partial charge in [-0.3, -0.25) is 9.59 Å². The van der Waals surface area contributed by atoms with Gasteiger partial charge in [0.25, 0.3) is 0 Å². The van der Waals surface area contributed by atoms with Gasteiger partial charge in [0.1, 0.15) is 0 Å². The monoisotopic (exact) mass is 330 g/mol. The average Bonchev–Trinajstić information content (AvgIpc) is 2.50. The van der Waals surface area contributed by atoms with Gasteiger partial charge in [-0.05, 0) is 23.8 Å². The Balaban J connectivity index is 2.89. The highest BCUT2D eigenvalue weighted by Gasteiger charge is 2.20. The second kappa shape index (κ2) is 8.33. The van der Waals surface area contributed by atoms with Crippen molar-refractivity contribution >= 4 is 11.8 Å². The van der Waals surface area contributed by atoms with Crippen LogP contribution in [-0.4, -0.2) is 44.0 Å². The molecule has 0 aromatic heterocycles. The smallest absolute Gasteiger partial charge is 0.246 e. The quantitative estimate of drug-likeness (QED) is 0.610. The van der Waals surface area contributed by atoms with Crippen molar-refractivity contribution in [3.05, 3.63) is 47.8 Å². The number of carbonyl (C=O) groups is 2. The van der Waals surface area contributed by atoms with Crippen LogP contribution in [0.3, 0.4) is 0 Å². The number of rotatable bonds is 7. The molecule has 1 N–H and O–H groups in total. The number of hydrogen-bond donors (Lipinski definition) is 1. The molecular formula is C15H17F3N2O3. The number of ether oxygens (including phenoxy) is 1. The van der Waals surface area contributed by atoms with Crippen LogP contribution in [-0.2, 0) is 14.3 Å². The van der Waals surface area contributed by atoms with Crippen molar-refractivity contribution in [3.8, 4) is 0 Å². The number of carbonyl (C=O) groups excluding carboxylic acids is 2. The first-order chi connectivity index (χ1) is 10.8. The van der Waals surface area contributed by atoms with E-state index >= 15 is 0 Å². The summed E-state index contributed by atoms with van der Waals surface area (Å²) in [6.07, 6.45) is 1.05. The van der Waals surface area contributed by atoms with Crippen molar-refractivity contribution in [2.45, 2.75) is 6.04 Å². The maximum Gasteiger partial charge on any atom is 0.246 e. The largest absolute Gasteiger partial charge is 0.382 e. The van der Waals surface area contributed by atoms with Gasteiger partial charge >= 0.3 is 0 Å². The lowest BCUT2D eigenvalue weighted by Gasteiger charge is -2.21.